The second-order valence-corrected chi connectivity index (χ2v) is 8.20. The van der Waals surface area contributed by atoms with Crippen LogP contribution in [-0.2, 0) is 12.6 Å². The number of carbonyl (C=O) groups excluding carboxylic acids is 1. The summed E-state index contributed by atoms with van der Waals surface area (Å²) >= 11 is 0. The van der Waals surface area contributed by atoms with Gasteiger partial charge in [0.15, 0.2) is 0 Å². The number of fused-ring (bicyclic) bond motifs is 2. The van der Waals surface area contributed by atoms with Crippen molar-refractivity contribution in [1.82, 2.24) is 24.9 Å². The van der Waals surface area contributed by atoms with Crippen molar-refractivity contribution in [3.05, 3.63) is 71.6 Å². The average molecular weight is 445 g/mol. The maximum absolute atomic E-state index is 14.8. The lowest BCUT2D eigenvalue weighted by Gasteiger charge is -2.25. The minimum atomic E-state index is -4.43. The van der Waals surface area contributed by atoms with Gasteiger partial charge in [0, 0.05) is 24.0 Å². The van der Waals surface area contributed by atoms with Gasteiger partial charge in [-0.05, 0) is 55.9 Å². The number of pyridine rings is 1. The molecule has 3 aromatic rings. The van der Waals surface area contributed by atoms with Crippen molar-refractivity contribution in [2.75, 3.05) is 0 Å². The van der Waals surface area contributed by atoms with Crippen LogP contribution < -0.4 is 0 Å². The van der Waals surface area contributed by atoms with Gasteiger partial charge in [-0.3, -0.25) is 9.78 Å². The average Bonchev–Trinajstić information content (AvgIpc) is 3.49. The first kappa shape index (κ1) is 20.6. The van der Waals surface area contributed by atoms with Crippen molar-refractivity contribution < 1.29 is 22.4 Å². The van der Waals surface area contributed by atoms with Gasteiger partial charge in [0.2, 0.25) is 0 Å². The summed E-state index contributed by atoms with van der Waals surface area (Å²) < 4.78 is 53.2. The van der Waals surface area contributed by atoms with Crippen LogP contribution in [0.2, 0.25) is 0 Å². The smallest absolute Gasteiger partial charge is 0.332 e. The Morgan fingerprint density at radius 1 is 1.09 bits per heavy atom. The summed E-state index contributed by atoms with van der Waals surface area (Å²) in [5.41, 5.74) is -0.0401. The van der Waals surface area contributed by atoms with Crippen LogP contribution in [0.15, 0.2) is 48.9 Å². The van der Waals surface area contributed by atoms with E-state index >= 15 is 0 Å². The van der Waals surface area contributed by atoms with E-state index in [1.54, 1.807) is 11.0 Å². The molecule has 2 fully saturated rings. The quantitative estimate of drug-likeness (QED) is 0.569. The molecule has 4 heterocycles. The third-order valence-electron chi connectivity index (χ3n) is 6.36. The normalized spacial score (nSPS) is 22.5. The molecular weight excluding hydrogens is 426 g/mol. The van der Waals surface area contributed by atoms with Gasteiger partial charge < -0.3 is 4.90 Å². The molecular formula is C22H19F4N5O. The lowest BCUT2D eigenvalue weighted by atomic mass is 9.86. The summed E-state index contributed by atoms with van der Waals surface area (Å²) in [6.07, 6.45) is 2.08. The maximum Gasteiger partial charge on any atom is 0.417 e. The van der Waals surface area contributed by atoms with Gasteiger partial charge in [-0.2, -0.15) is 28.2 Å². The molecule has 2 aromatic heterocycles. The van der Waals surface area contributed by atoms with Gasteiger partial charge >= 0.3 is 6.18 Å². The van der Waals surface area contributed by atoms with Crippen LogP contribution in [0.1, 0.15) is 40.9 Å². The predicted molar refractivity (Wildman–Crippen MR) is 105 cm³/mol. The topological polar surface area (TPSA) is 63.9 Å². The van der Waals surface area contributed by atoms with E-state index in [1.165, 1.54) is 35.4 Å². The van der Waals surface area contributed by atoms with Crippen molar-refractivity contribution in [2.45, 2.75) is 43.9 Å². The number of carbonyl (C=O) groups is 1. The Balaban J connectivity index is 1.39. The summed E-state index contributed by atoms with van der Waals surface area (Å²) in [7, 11) is 0. The minimum Gasteiger partial charge on any atom is -0.332 e. The van der Waals surface area contributed by atoms with E-state index in [0.717, 1.165) is 25.1 Å². The monoisotopic (exact) mass is 445 g/mol. The van der Waals surface area contributed by atoms with Gasteiger partial charge in [0.25, 0.3) is 5.91 Å². The summed E-state index contributed by atoms with van der Waals surface area (Å²) in [5.74, 6) is -0.997. The Kier molecular flexibility index (Phi) is 4.94. The summed E-state index contributed by atoms with van der Waals surface area (Å²) in [6.45, 7) is 0. The molecule has 0 N–H and O–H groups in total. The van der Waals surface area contributed by atoms with Crippen molar-refractivity contribution in [3.8, 4) is 5.69 Å². The largest absolute Gasteiger partial charge is 0.417 e. The molecule has 6 nitrogen and oxygen atoms in total. The van der Waals surface area contributed by atoms with Gasteiger partial charge in [-0.25, -0.2) is 4.39 Å². The Morgan fingerprint density at radius 2 is 1.88 bits per heavy atom. The molecule has 166 valence electrons. The second-order valence-electron chi connectivity index (χ2n) is 8.20. The van der Waals surface area contributed by atoms with Crippen LogP contribution in [0.5, 0.6) is 0 Å². The molecule has 3 unspecified atom stereocenters. The van der Waals surface area contributed by atoms with Gasteiger partial charge in [-0.1, -0.05) is 6.07 Å². The molecule has 1 aromatic carbocycles. The molecule has 0 spiro atoms. The Bertz CT molecular complexity index is 1130. The Hall–Kier alpha value is -3.30. The molecule has 2 aliphatic rings. The number of amides is 1. The molecule has 0 saturated carbocycles. The standard InChI is InChI=1S/C22H19F4N5O/c23-17-2-1-3-19(31-28-8-9-29-31)20(17)21(32)30-16-6-7-18(30)13(11-16)10-15-5-4-14(12-27-15)22(24,25)26/h1-5,8-9,12-13,16,18H,6-7,10-11H2. The van der Waals surface area contributed by atoms with E-state index in [-0.39, 0.29) is 29.3 Å². The summed E-state index contributed by atoms with van der Waals surface area (Å²) in [6, 6.07) is 6.60. The molecule has 32 heavy (non-hydrogen) atoms. The number of alkyl halides is 3. The molecule has 0 aliphatic carbocycles. The zero-order valence-electron chi connectivity index (χ0n) is 16.8. The molecule has 5 rings (SSSR count). The zero-order valence-corrected chi connectivity index (χ0v) is 16.8. The lowest BCUT2D eigenvalue weighted by Crippen LogP contribution is -2.38. The first-order valence-corrected chi connectivity index (χ1v) is 10.3. The highest BCUT2D eigenvalue weighted by molar-refractivity contribution is 5.98. The third-order valence-corrected chi connectivity index (χ3v) is 6.36. The first-order valence-electron chi connectivity index (χ1n) is 10.3. The number of halogens is 4. The summed E-state index contributed by atoms with van der Waals surface area (Å²) in [5, 5.41) is 8.05. The van der Waals surface area contributed by atoms with Crippen LogP contribution in [0, 0.1) is 11.7 Å². The highest BCUT2D eigenvalue weighted by atomic mass is 19.4. The van der Waals surface area contributed by atoms with Gasteiger partial charge in [0.05, 0.1) is 18.0 Å². The Morgan fingerprint density at radius 3 is 2.56 bits per heavy atom. The van der Waals surface area contributed by atoms with Gasteiger partial charge in [0.1, 0.15) is 17.1 Å². The Labute approximate surface area is 180 Å². The second kappa shape index (κ2) is 7.68. The van der Waals surface area contributed by atoms with Crippen molar-refractivity contribution >= 4 is 5.91 Å². The lowest BCUT2D eigenvalue weighted by molar-refractivity contribution is -0.137. The number of benzene rings is 1. The van der Waals surface area contributed by atoms with Crippen molar-refractivity contribution in [2.24, 2.45) is 5.92 Å². The molecule has 10 heteroatoms. The van der Waals surface area contributed by atoms with E-state index < -0.39 is 23.5 Å². The summed E-state index contributed by atoms with van der Waals surface area (Å²) in [4.78, 5) is 20.4. The van der Waals surface area contributed by atoms with E-state index in [1.807, 2.05) is 0 Å². The molecule has 1 amide bonds. The molecule has 0 radical (unpaired) electrons. The third kappa shape index (κ3) is 3.53. The molecule has 2 bridgehead atoms. The maximum atomic E-state index is 14.8. The van der Waals surface area contributed by atoms with Crippen LogP contribution in [0.25, 0.3) is 5.69 Å². The highest BCUT2D eigenvalue weighted by Gasteiger charge is 2.49. The predicted octanol–water partition coefficient (Wildman–Crippen LogP) is 4.06. The van der Waals surface area contributed by atoms with Gasteiger partial charge in [-0.15, -0.1) is 0 Å². The van der Waals surface area contributed by atoms with E-state index in [4.69, 9.17) is 0 Å². The van der Waals surface area contributed by atoms with Crippen LogP contribution in [-0.4, -0.2) is 42.9 Å². The van der Waals surface area contributed by atoms with Crippen molar-refractivity contribution in [3.63, 3.8) is 0 Å². The fourth-order valence-electron chi connectivity index (χ4n) is 4.99. The number of hydrogen-bond acceptors (Lipinski definition) is 4. The van der Waals surface area contributed by atoms with Crippen LogP contribution >= 0.6 is 0 Å². The first-order chi connectivity index (χ1) is 15.3. The minimum absolute atomic E-state index is 0.0371. The molecule has 2 aliphatic heterocycles. The molecule has 2 saturated heterocycles. The highest BCUT2D eigenvalue weighted by Crippen LogP contribution is 2.44. The van der Waals surface area contributed by atoms with E-state index in [9.17, 15) is 22.4 Å². The number of rotatable bonds is 4. The molecule has 3 atom stereocenters. The number of hydrogen-bond donors (Lipinski definition) is 0. The fourth-order valence-corrected chi connectivity index (χ4v) is 4.99. The van der Waals surface area contributed by atoms with E-state index in [0.29, 0.717) is 18.5 Å². The van der Waals surface area contributed by atoms with E-state index in [2.05, 4.69) is 15.2 Å². The number of nitrogens with zero attached hydrogens (tertiary/aromatic N) is 5. The fraction of sp³-hybridized carbons (Fsp3) is 0.364. The SMILES string of the molecule is O=C(c1c(F)cccc1-n1nccn1)N1C2CCC1C(Cc1ccc(C(F)(F)F)cn1)C2. The number of aromatic nitrogens is 4. The van der Waals surface area contributed by atoms with Crippen LogP contribution in [0.4, 0.5) is 17.6 Å². The van der Waals surface area contributed by atoms with Crippen molar-refractivity contribution in [1.29, 1.82) is 0 Å². The van der Waals surface area contributed by atoms with Crippen LogP contribution in [0.3, 0.4) is 0 Å². The zero-order chi connectivity index (χ0) is 22.5.